The van der Waals surface area contributed by atoms with Gasteiger partial charge in [-0.1, -0.05) is 5.16 Å². The van der Waals surface area contributed by atoms with E-state index in [0.717, 1.165) is 37.5 Å². The third-order valence-corrected chi connectivity index (χ3v) is 5.09. The number of aryl methyl sites for hydroxylation is 1. The molecule has 1 fully saturated rings. The van der Waals surface area contributed by atoms with Crippen molar-refractivity contribution in [3.63, 3.8) is 0 Å². The Balaban J connectivity index is 1.47. The zero-order chi connectivity index (χ0) is 16.2. The van der Waals surface area contributed by atoms with E-state index >= 15 is 0 Å². The maximum Gasteiger partial charge on any atom is 0.228 e. The van der Waals surface area contributed by atoms with Gasteiger partial charge in [-0.05, 0) is 45.0 Å². The summed E-state index contributed by atoms with van der Waals surface area (Å²) in [5, 5.41) is 7.58. The number of methoxy groups -OCH3 is 1. The van der Waals surface area contributed by atoms with Crippen LogP contribution in [0.2, 0.25) is 0 Å². The molecule has 7 heteroatoms. The van der Waals surface area contributed by atoms with Crippen molar-refractivity contribution in [3.05, 3.63) is 28.8 Å². The van der Waals surface area contributed by atoms with Crippen LogP contribution in [0.5, 0.6) is 5.06 Å². The number of carbonyl (C=O) groups is 1. The first kappa shape index (κ1) is 16.0. The van der Waals surface area contributed by atoms with Gasteiger partial charge in [-0.2, -0.15) is 0 Å². The second kappa shape index (κ2) is 7.14. The predicted octanol–water partition coefficient (Wildman–Crippen LogP) is 2.90. The number of hydrogen-bond acceptors (Lipinski definition) is 6. The van der Waals surface area contributed by atoms with E-state index in [9.17, 15) is 4.79 Å². The molecule has 2 aromatic heterocycles. The molecule has 1 saturated heterocycles. The van der Waals surface area contributed by atoms with E-state index in [1.807, 2.05) is 6.07 Å². The number of anilines is 1. The maximum atomic E-state index is 12.3. The molecule has 0 aliphatic carbocycles. The fourth-order valence-electron chi connectivity index (χ4n) is 2.78. The van der Waals surface area contributed by atoms with Crippen LogP contribution in [0.1, 0.15) is 23.5 Å². The Kier molecular flexibility index (Phi) is 4.97. The molecule has 0 spiro atoms. The van der Waals surface area contributed by atoms with Crippen LogP contribution in [0.3, 0.4) is 0 Å². The van der Waals surface area contributed by atoms with Crippen LogP contribution >= 0.6 is 11.3 Å². The number of piperidine rings is 1. The van der Waals surface area contributed by atoms with Gasteiger partial charge in [0.1, 0.15) is 5.76 Å². The van der Waals surface area contributed by atoms with Gasteiger partial charge in [-0.15, -0.1) is 11.3 Å². The van der Waals surface area contributed by atoms with Gasteiger partial charge in [0, 0.05) is 23.4 Å². The number of thiophene rings is 1. The molecule has 0 radical (unpaired) electrons. The van der Waals surface area contributed by atoms with Gasteiger partial charge >= 0.3 is 0 Å². The van der Waals surface area contributed by atoms with E-state index in [2.05, 4.69) is 21.4 Å². The number of ether oxygens (including phenoxy) is 1. The minimum absolute atomic E-state index is 0.0377. The van der Waals surface area contributed by atoms with E-state index in [-0.39, 0.29) is 11.8 Å². The lowest BCUT2D eigenvalue weighted by Gasteiger charge is -2.30. The van der Waals surface area contributed by atoms with E-state index < -0.39 is 0 Å². The third-order valence-electron chi connectivity index (χ3n) is 4.06. The number of aromatic nitrogens is 1. The number of nitrogens with zero attached hydrogens (tertiary/aromatic N) is 2. The number of likely N-dealkylation sites (tertiary alicyclic amines) is 1. The van der Waals surface area contributed by atoms with Crippen LogP contribution in [-0.2, 0) is 11.3 Å². The van der Waals surface area contributed by atoms with Gasteiger partial charge in [0.2, 0.25) is 5.91 Å². The van der Waals surface area contributed by atoms with Gasteiger partial charge in [-0.3, -0.25) is 9.69 Å². The van der Waals surface area contributed by atoms with Crippen LogP contribution in [0.15, 0.2) is 22.7 Å². The SMILES string of the molecule is COc1ccc(CN2CCC(C(=O)Nc3cc(C)on3)CC2)s1. The van der Waals surface area contributed by atoms with Crippen LogP contribution in [0.4, 0.5) is 5.82 Å². The van der Waals surface area contributed by atoms with Crippen LogP contribution in [0.25, 0.3) is 0 Å². The van der Waals surface area contributed by atoms with Crippen molar-refractivity contribution in [3.8, 4) is 5.06 Å². The molecule has 0 bridgehead atoms. The Labute approximate surface area is 139 Å². The Bertz CT molecular complexity index is 659. The van der Waals surface area contributed by atoms with Gasteiger partial charge in [0.05, 0.1) is 7.11 Å². The molecule has 0 aromatic carbocycles. The molecule has 0 unspecified atom stereocenters. The minimum atomic E-state index is 0.0377. The average Bonchev–Trinajstić information content (AvgIpc) is 3.17. The number of rotatable bonds is 5. The Morgan fingerprint density at radius 1 is 1.48 bits per heavy atom. The molecule has 6 nitrogen and oxygen atoms in total. The zero-order valence-corrected chi connectivity index (χ0v) is 14.2. The van der Waals surface area contributed by atoms with Gasteiger partial charge in [-0.25, -0.2) is 0 Å². The topological polar surface area (TPSA) is 67.6 Å². The number of carbonyl (C=O) groups excluding carboxylic acids is 1. The quantitative estimate of drug-likeness (QED) is 0.910. The third kappa shape index (κ3) is 4.11. The molecule has 2 aromatic rings. The first-order chi connectivity index (χ1) is 11.1. The summed E-state index contributed by atoms with van der Waals surface area (Å²) in [6.07, 6.45) is 1.73. The van der Waals surface area contributed by atoms with E-state index in [4.69, 9.17) is 9.26 Å². The van der Waals surface area contributed by atoms with E-state index in [1.54, 1.807) is 31.4 Å². The smallest absolute Gasteiger partial charge is 0.228 e. The molecule has 0 saturated carbocycles. The summed E-state index contributed by atoms with van der Waals surface area (Å²) < 4.78 is 10.2. The Morgan fingerprint density at radius 3 is 2.87 bits per heavy atom. The summed E-state index contributed by atoms with van der Waals surface area (Å²) in [6, 6.07) is 5.84. The number of nitrogens with one attached hydrogen (secondary N) is 1. The van der Waals surface area contributed by atoms with Crippen molar-refractivity contribution in [2.24, 2.45) is 5.92 Å². The van der Waals surface area contributed by atoms with Gasteiger partial charge in [0.15, 0.2) is 10.9 Å². The summed E-state index contributed by atoms with van der Waals surface area (Å²) in [6.45, 7) is 4.58. The fraction of sp³-hybridized carbons (Fsp3) is 0.500. The summed E-state index contributed by atoms with van der Waals surface area (Å²) in [5.41, 5.74) is 0. The van der Waals surface area contributed by atoms with Crippen LogP contribution < -0.4 is 10.1 Å². The highest BCUT2D eigenvalue weighted by Crippen LogP contribution is 2.27. The van der Waals surface area contributed by atoms with Crippen molar-refractivity contribution >= 4 is 23.1 Å². The maximum absolute atomic E-state index is 12.3. The Hall–Kier alpha value is -1.86. The molecule has 0 atom stereocenters. The van der Waals surface area contributed by atoms with Crippen molar-refractivity contribution in [2.75, 3.05) is 25.5 Å². The first-order valence-electron chi connectivity index (χ1n) is 7.73. The first-order valence-corrected chi connectivity index (χ1v) is 8.55. The van der Waals surface area contributed by atoms with Crippen molar-refractivity contribution in [2.45, 2.75) is 26.3 Å². The lowest BCUT2D eigenvalue weighted by atomic mass is 9.96. The van der Waals surface area contributed by atoms with Crippen molar-refractivity contribution in [1.29, 1.82) is 0 Å². The van der Waals surface area contributed by atoms with Crippen LogP contribution in [-0.4, -0.2) is 36.2 Å². The highest BCUT2D eigenvalue weighted by Gasteiger charge is 2.25. The second-order valence-electron chi connectivity index (χ2n) is 5.79. The largest absolute Gasteiger partial charge is 0.487 e. The summed E-state index contributed by atoms with van der Waals surface area (Å²) >= 11 is 1.68. The molecule has 124 valence electrons. The van der Waals surface area contributed by atoms with E-state index in [1.165, 1.54) is 4.88 Å². The summed E-state index contributed by atoms with van der Waals surface area (Å²) in [5.74, 6) is 1.28. The highest BCUT2D eigenvalue weighted by atomic mass is 32.1. The molecule has 1 N–H and O–H groups in total. The summed E-state index contributed by atoms with van der Waals surface area (Å²) in [4.78, 5) is 15.9. The number of amides is 1. The minimum Gasteiger partial charge on any atom is -0.487 e. The van der Waals surface area contributed by atoms with Crippen LogP contribution in [0, 0.1) is 12.8 Å². The zero-order valence-electron chi connectivity index (χ0n) is 13.4. The molecule has 3 rings (SSSR count). The Morgan fingerprint density at radius 2 is 2.26 bits per heavy atom. The van der Waals surface area contributed by atoms with Crippen molar-refractivity contribution < 1.29 is 14.1 Å². The molecule has 3 heterocycles. The van der Waals surface area contributed by atoms with E-state index in [0.29, 0.717) is 11.6 Å². The van der Waals surface area contributed by atoms with Crippen molar-refractivity contribution in [1.82, 2.24) is 10.1 Å². The molecule has 1 aliphatic rings. The normalized spacial score (nSPS) is 16.4. The second-order valence-corrected chi connectivity index (χ2v) is 6.92. The highest BCUT2D eigenvalue weighted by molar-refractivity contribution is 7.13. The molecular weight excluding hydrogens is 314 g/mol. The molecule has 23 heavy (non-hydrogen) atoms. The van der Waals surface area contributed by atoms with Gasteiger partial charge < -0.3 is 14.6 Å². The fourth-order valence-corrected chi connectivity index (χ4v) is 3.64. The molecule has 1 amide bonds. The lowest BCUT2D eigenvalue weighted by molar-refractivity contribution is -0.121. The lowest BCUT2D eigenvalue weighted by Crippen LogP contribution is -2.37. The summed E-state index contributed by atoms with van der Waals surface area (Å²) in [7, 11) is 1.69. The molecular formula is C16H21N3O3S. The van der Waals surface area contributed by atoms with Gasteiger partial charge in [0.25, 0.3) is 0 Å². The predicted molar refractivity (Wildman–Crippen MR) is 88.7 cm³/mol. The number of hydrogen-bond donors (Lipinski definition) is 1. The standard InChI is InChI=1S/C16H21N3O3S/c1-11-9-14(18-22-11)17-16(20)12-5-7-19(8-6-12)10-13-3-4-15(21-2)23-13/h3-4,9,12H,5-8,10H2,1-2H3,(H,17,18,20). The molecule has 1 aliphatic heterocycles. The monoisotopic (exact) mass is 335 g/mol. The average molecular weight is 335 g/mol.